The van der Waals surface area contributed by atoms with Crippen LogP contribution in [0.5, 0.6) is 0 Å². The Morgan fingerprint density at radius 3 is 2.42 bits per heavy atom. The molecule has 3 amide bonds. The van der Waals surface area contributed by atoms with Gasteiger partial charge in [0.05, 0.1) is 22.9 Å². The second-order valence-electron chi connectivity index (χ2n) is 8.83. The van der Waals surface area contributed by atoms with Gasteiger partial charge in [0, 0.05) is 18.9 Å². The van der Waals surface area contributed by atoms with E-state index in [1.165, 1.54) is 55.4 Å². The van der Waals surface area contributed by atoms with Gasteiger partial charge < -0.3 is 4.90 Å². The van der Waals surface area contributed by atoms with Gasteiger partial charge in [0.1, 0.15) is 11.4 Å². The first-order valence-corrected chi connectivity index (χ1v) is 10.8. The fraction of sp³-hybridized carbons (Fsp3) is 0.240. The molecule has 0 spiro atoms. The van der Waals surface area contributed by atoms with Crippen LogP contribution in [0.1, 0.15) is 31.4 Å². The number of allylic oxidation sites excluding steroid dienone is 6. The summed E-state index contributed by atoms with van der Waals surface area (Å²) in [5, 5.41) is 19.2. The molecule has 0 atom stereocenters. The number of rotatable bonds is 3. The van der Waals surface area contributed by atoms with Crippen LogP contribution in [-0.4, -0.2) is 39.2 Å². The first-order chi connectivity index (χ1) is 16.8. The molecular weight excluding hydrogens is 480 g/mol. The minimum atomic E-state index is -4.86. The molecule has 0 aromatic heterocycles. The van der Waals surface area contributed by atoms with Crippen molar-refractivity contribution in [1.82, 2.24) is 9.96 Å². The molecule has 0 saturated carbocycles. The molecule has 0 radical (unpaired) electrons. The van der Waals surface area contributed by atoms with E-state index < -0.39 is 40.6 Å². The van der Waals surface area contributed by atoms with Crippen molar-refractivity contribution in [3.63, 3.8) is 0 Å². The van der Waals surface area contributed by atoms with Crippen molar-refractivity contribution in [3.05, 3.63) is 88.6 Å². The van der Waals surface area contributed by atoms with Gasteiger partial charge in [-0.2, -0.15) is 18.4 Å². The summed E-state index contributed by atoms with van der Waals surface area (Å²) in [5.74, 6) is -1.29. The molecule has 1 saturated heterocycles. The molecule has 186 valence electrons. The smallest absolute Gasteiger partial charge is 0.305 e. The van der Waals surface area contributed by atoms with Crippen LogP contribution in [0.4, 0.5) is 28.0 Å². The van der Waals surface area contributed by atoms with Gasteiger partial charge in [-0.05, 0) is 73.4 Å². The summed E-state index contributed by atoms with van der Waals surface area (Å²) in [6, 6.07) is 3.23. The van der Waals surface area contributed by atoms with E-state index in [-0.39, 0.29) is 18.7 Å². The van der Waals surface area contributed by atoms with E-state index in [2.05, 4.69) is 0 Å². The molecule has 36 heavy (non-hydrogen) atoms. The average molecular weight is 500 g/mol. The van der Waals surface area contributed by atoms with E-state index in [0.29, 0.717) is 27.7 Å². The molecule has 1 aliphatic carbocycles. The second-order valence-corrected chi connectivity index (χ2v) is 8.83. The zero-order valence-corrected chi connectivity index (χ0v) is 19.2. The molecular formula is C25H20F4N4O3. The summed E-state index contributed by atoms with van der Waals surface area (Å²) in [6.07, 6.45) is 4.05. The Hall–Kier alpha value is -4.17. The van der Waals surface area contributed by atoms with Crippen LogP contribution in [0.3, 0.4) is 0 Å². The van der Waals surface area contributed by atoms with Crippen LogP contribution in [0, 0.1) is 11.3 Å². The van der Waals surface area contributed by atoms with Gasteiger partial charge >= 0.3 is 12.2 Å². The lowest BCUT2D eigenvalue weighted by Crippen LogP contribution is -2.45. The molecule has 1 aromatic rings. The first-order valence-electron chi connectivity index (χ1n) is 10.8. The quantitative estimate of drug-likeness (QED) is 0.447. The molecule has 2 heterocycles. The number of nitrogens with zero attached hydrogens (tertiary/aromatic N) is 4. The fourth-order valence-corrected chi connectivity index (χ4v) is 4.14. The highest BCUT2D eigenvalue weighted by Crippen LogP contribution is 2.38. The summed E-state index contributed by atoms with van der Waals surface area (Å²) < 4.78 is 55.2. The van der Waals surface area contributed by atoms with Crippen molar-refractivity contribution in [1.29, 1.82) is 5.26 Å². The number of alkyl halides is 3. The molecule has 1 fully saturated rings. The maximum atomic E-state index is 14.9. The lowest BCUT2D eigenvalue weighted by molar-refractivity contribution is -0.137. The summed E-state index contributed by atoms with van der Waals surface area (Å²) in [6.45, 7) is 2.76. The Bertz CT molecular complexity index is 1330. The van der Waals surface area contributed by atoms with Gasteiger partial charge in [-0.3, -0.25) is 10.0 Å². The lowest BCUT2D eigenvalue weighted by atomic mass is 9.94. The molecule has 1 N–H and O–H groups in total. The zero-order valence-electron chi connectivity index (χ0n) is 19.2. The molecule has 7 nitrogen and oxygen atoms in total. The lowest BCUT2D eigenvalue weighted by Gasteiger charge is -2.29. The van der Waals surface area contributed by atoms with Crippen LogP contribution in [0.25, 0.3) is 0 Å². The van der Waals surface area contributed by atoms with Gasteiger partial charge in [0.15, 0.2) is 0 Å². The number of halogens is 4. The first kappa shape index (κ1) is 24.9. The third-order valence-electron chi connectivity index (χ3n) is 6.18. The number of benzene rings is 1. The number of anilines is 1. The molecule has 0 unspecified atom stereocenters. The summed E-state index contributed by atoms with van der Waals surface area (Å²) in [7, 11) is 0. The van der Waals surface area contributed by atoms with Gasteiger partial charge in [0.25, 0.3) is 5.91 Å². The van der Waals surface area contributed by atoms with E-state index in [4.69, 9.17) is 5.26 Å². The summed E-state index contributed by atoms with van der Waals surface area (Å²) >= 11 is 0. The number of imide groups is 1. The van der Waals surface area contributed by atoms with Crippen LogP contribution in [0.2, 0.25) is 0 Å². The third-order valence-corrected chi connectivity index (χ3v) is 6.18. The Kier molecular flexibility index (Phi) is 6.10. The fourth-order valence-electron chi connectivity index (χ4n) is 4.14. The number of nitriles is 1. The minimum absolute atomic E-state index is 0.150. The molecule has 1 aromatic carbocycles. The zero-order chi connectivity index (χ0) is 26.4. The Balaban J connectivity index is 1.62. The van der Waals surface area contributed by atoms with Crippen LogP contribution in [0.15, 0.2) is 77.4 Å². The molecule has 11 heteroatoms. The van der Waals surface area contributed by atoms with Crippen molar-refractivity contribution in [2.24, 2.45) is 0 Å². The standard InChI is InChI=1S/C25H20F4N4O3/c1-24(2)22(34)33(18-5-4-17(13-30)20(12-18)25(27,28)29)23(35)32(24)14-15-3-6-19(21(26)11-15)16-7-9-31(36)10-8-16/h3-5,7-12,36H,6,14H2,1-2H3. The number of amides is 3. The number of urea groups is 1. The van der Waals surface area contributed by atoms with Gasteiger partial charge in [-0.1, -0.05) is 6.08 Å². The molecule has 4 rings (SSSR count). The maximum absolute atomic E-state index is 14.9. The van der Waals surface area contributed by atoms with E-state index in [9.17, 15) is 32.4 Å². The highest BCUT2D eigenvalue weighted by molar-refractivity contribution is 6.23. The number of hydrogen-bond donors (Lipinski definition) is 1. The van der Waals surface area contributed by atoms with E-state index in [1.54, 1.807) is 6.08 Å². The number of hydroxylamine groups is 2. The normalized spacial score (nSPS) is 19.7. The Morgan fingerprint density at radius 1 is 1.17 bits per heavy atom. The van der Waals surface area contributed by atoms with Crippen molar-refractivity contribution in [2.75, 3.05) is 11.4 Å². The number of carbonyl (C=O) groups is 2. The molecule has 0 bridgehead atoms. The summed E-state index contributed by atoms with van der Waals surface area (Å²) in [4.78, 5) is 28.2. The highest BCUT2D eigenvalue weighted by atomic mass is 19.4. The third kappa shape index (κ3) is 4.31. The molecule has 2 aliphatic heterocycles. The van der Waals surface area contributed by atoms with Gasteiger partial charge in [-0.15, -0.1) is 0 Å². The number of hydrogen-bond acceptors (Lipinski definition) is 5. The van der Waals surface area contributed by atoms with Crippen molar-refractivity contribution in [2.45, 2.75) is 32.0 Å². The highest BCUT2D eigenvalue weighted by Gasteiger charge is 2.52. The monoisotopic (exact) mass is 500 g/mol. The van der Waals surface area contributed by atoms with E-state index in [0.717, 1.165) is 17.2 Å². The SMILES string of the molecule is CC1(C)C(=O)N(c2ccc(C#N)c(C(F)(F)F)c2)C(=O)N1CC1=CCC(=C2C=CN(O)C=C2)C(F)=C1. The van der Waals surface area contributed by atoms with E-state index in [1.807, 2.05) is 0 Å². The van der Waals surface area contributed by atoms with Crippen LogP contribution < -0.4 is 4.90 Å². The molecule has 3 aliphatic rings. The average Bonchev–Trinajstić information content (AvgIpc) is 2.98. The predicted octanol–water partition coefficient (Wildman–Crippen LogP) is 5.34. The maximum Gasteiger partial charge on any atom is 0.417 e. The van der Waals surface area contributed by atoms with Crippen LogP contribution >= 0.6 is 0 Å². The number of carbonyl (C=O) groups excluding carboxylic acids is 2. The minimum Gasteiger partial charge on any atom is -0.305 e. The van der Waals surface area contributed by atoms with Gasteiger partial charge in [0.2, 0.25) is 0 Å². The topological polar surface area (TPSA) is 87.9 Å². The van der Waals surface area contributed by atoms with Crippen LogP contribution in [-0.2, 0) is 11.0 Å². The second kappa shape index (κ2) is 8.80. The Morgan fingerprint density at radius 2 is 1.83 bits per heavy atom. The Labute approximate surface area is 203 Å². The van der Waals surface area contributed by atoms with Crippen molar-refractivity contribution < 1.29 is 32.4 Å². The predicted molar refractivity (Wildman–Crippen MR) is 121 cm³/mol. The van der Waals surface area contributed by atoms with Crippen molar-refractivity contribution in [3.8, 4) is 6.07 Å². The van der Waals surface area contributed by atoms with Gasteiger partial charge in [-0.25, -0.2) is 19.1 Å². The summed E-state index contributed by atoms with van der Waals surface area (Å²) in [5.41, 5.74) is -2.27. The van der Waals surface area contributed by atoms with Crippen molar-refractivity contribution >= 4 is 17.6 Å². The van der Waals surface area contributed by atoms with E-state index >= 15 is 0 Å². The largest absolute Gasteiger partial charge is 0.417 e.